The highest BCUT2D eigenvalue weighted by atomic mass is 35.5. The minimum absolute atomic E-state index is 0.0899. The predicted molar refractivity (Wildman–Crippen MR) is 117 cm³/mol. The first-order valence-corrected chi connectivity index (χ1v) is 10.9. The number of fused-ring (bicyclic) bond motifs is 1. The van der Waals surface area contributed by atoms with Crippen molar-refractivity contribution in [1.29, 1.82) is 0 Å². The van der Waals surface area contributed by atoms with Crippen molar-refractivity contribution in [2.75, 3.05) is 17.6 Å². The van der Waals surface area contributed by atoms with Crippen LogP contribution in [0.3, 0.4) is 0 Å². The van der Waals surface area contributed by atoms with E-state index in [-0.39, 0.29) is 27.7 Å². The Bertz CT molecular complexity index is 1130. The first-order valence-electron chi connectivity index (χ1n) is 8.44. The Kier molecular flexibility index (Phi) is 7.15. The van der Waals surface area contributed by atoms with Crippen LogP contribution >= 0.6 is 34.8 Å². The fraction of sp³-hybridized carbons (Fsp3) is 0.222. The summed E-state index contributed by atoms with van der Waals surface area (Å²) < 4.78 is 21.2. The van der Waals surface area contributed by atoms with Crippen LogP contribution in [0.2, 0.25) is 15.1 Å². The topological polar surface area (TPSA) is 104 Å². The molecule has 0 aliphatic heterocycles. The predicted octanol–water partition coefficient (Wildman–Crippen LogP) is 3.86. The summed E-state index contributed by atoms with van der Waals surface area (Å²) in [5, 5.41) is 13.8. The zero-order valence-corrected chi connectivity index (χ0v) is 17.9. The van der Waals surface area contributed by atoms with E-state index in [1.807, 2.05) is 0 Å². The lowest BCUT2D eigenvalue weighted by Crippen LogP contribution is -2.17. The smallest absolute Gasteiger partial charge is 0.193 e. The molecule has 2 heterocycles. The molecule has 0 bridgehead atoms. The number of anilines is 1. The van der Waals surface area contributed by atoms with Crippen LogP contribution in [-0.2, 0) is 17.7 Å². The molecule has 0 fully saturated rings. The van der Waals surface area contributed by atoms with Gasteiger partial charge in [-0.1, -0.05) is 40.9 Å². The zero-order valence-electron chi connectivity index (χ0n) is 14.9. The molecule has 0 radical (unpaired) electrons. The van der Waals surface area contributed by atoms with Gasteiger partial charge >= 0.3 is 0 Å². The molecule has 0 saturated heterocycles. The normalized spacial score (nSPS) is 12.3. The average molecular weight is 477 g/mol. The maximum atomic E-state index is 12.8. The number of hydrogen-bond acceptors (Lipinski definition) is 5. The van der Waals surface area contributed by atoms with Crippen LogP contribution < -0.4 is 10.7 Å². The molecule has 154 valence electrons. The van der Waals surface area contributed by atoms with Crippen LogP contribution in [0.5, 0.6) is 0 Å². The van der Waals surface area contributed by atoms with Crippen LogP contribution in [0, 0.1) is 0 Å². The highest BCUT2D eigenvalue weighted by molar-refractivity contribution is 7.79. The third-order valence-electron chi connectivity index (χ3n) is 4.17. The number of aliphatic hydroxyl groups is 1. The van der Waals surface area contributed by atoms with Crippen LogP contribution in [0.25, 0.3) is 16.6 Å². The van der Waals surface area contributed by atoms with E-state index in [4.69, 9.17) is 39.4 Å². The summed E-state index contributed by atoms with van der Waals surface area (Å²) in [6.45, 7) is -0.124. The molecule has 1 aromatic carbocycles. The van der Waals surface area contributed by atoms with E-state index >= 15 is 0 Å². The second-order valence-electron chi connectivity index (χ2n) is 6.05. The number of nitrogens with zero attached hydrogens (tertiary/aromatic N) is 2. The van der Waals surface area contributed by atoms with Gasteiger partial charge in [0, 0.05) is 12.6 Å². The maximum absolute atomic E-state index is 12.8. The van der Waals surface area contributed by atoms with Crippen molar-refractivity contribution >= 4 is 62.6 Å². The van der Waals surface area contributed by atoms with Gasteiger partial charge in [-0.05, 0) is 18.6 Å². The number of pyridine rings is 2. The van der Waals surface area contributed by atoms with E-state index in [0.29, 0.717) is 34.2 Å². The molecule has 0 aliphatic rings. The van der Waals surface area contributed by atoms with E-state index in [1.165, 1.54) is 12.3 Å². The second kappa shape index (κ2) is 9.42. The summed E-state index contributed by atoms with van der Waals surface area (Å²) in [5.74, 6) is 0.353. The number of nitrogens with one attached hydrogen (secondary N) is 1. The van der Waals surface area contributed by atoms with Crippen molar-refractivity contribution < 1.29 is 13.9 Å². The molecule has 0 amide bonds. The lowest BCUT2D eigenvalue weighted by molar-refractivity contribution is 0.274. The van der Waals surface area contributed by atoms with Crippen molar-refractivity contribution in [3.05, 3.63) is 61.4 Å². The first-order chi connectivity index (χ1) is 13.8. The lowest BCUT2D eigenvalue weighted by atomic mass is 10.1. The van der Waals surface area contributed by atoms with E-state index < -0.39 is 23.1 Å². The first kappa shape index (κ1) is 22.0. The number of rotatable bonds is 7. The van der Waals surface area contributed by atoms with Gasteiger partial charge in [0.15, 0.2) is 16.5 Å². The van der Waals surface area contributed by atoms with E-state index in [0.717, 1.165) is 0 Å². The van der Waals surface area contributed by atoms with E-state index in [2.05, 4.69) is 10.3 Å². The summed E-state index contributed by atoms with van der Waals surface area (Å²) in [6.07, 6.45) is 1.77. The monoisotopic (exact) mass is 475 g/mol. The molecule has 3 N–H and O–H groups in total. The van der Waals surface area contributed by atoms with Gasteiger partial charge in [-0.3, -0.25) is 4.79 Å². The Balaban J connectivity index is 2.26. The molecule has 0 spiro atoms. The quantitative estimate of drug-likeness (QED) is 0.353. The molecule has 7 nitrogen and oxygen atoms in total. The summed E-state index contributed by atoms with van der Waals surface area (Å²) in [6, 6.07) is 6.22. The molecule has 0 aliphatic carbocycles. The number of halogens is 3. The van der Waals surface area contributed by atoms with Gasteiger partial charge in [0.1, 0.15) is 5.82 Å². The molecule has 1 unspecified atom stereocenters. The van der Waals surface area contributed by atoms with E-state index in [9.17, 15) is 14.1 Å². The lowest BCUT2D eigenvalue weighted by Gasteiger charge is -2.20. The van der Waals surface area contributed by atoms with Gasteiger partial charge < -0.3 is 19.5 Å². The van der Waals surface area contributed by atoms with Crippen molar-refractivity contribution in [1.82, 2.24) is 9.55 Å². The fourth-order valence-electron chi connectivity index (χ4n) is 2.97. The summed E-state index contributed by atoms with van der Waals surface area (Å²) >= 11 is 17.2. The van der Waals surface area contributed by atoms with Crippen molar-refractivity contribution in [3.63, 3.8) is 0 Å². The number of para-hydroxylation sites is 1. The molecule has 1 atom stereocenters. The SMILES string of the molecule is O=c1cc(CO)n(-c2c(Cl)cccc2Cl)c2c(Cl)cnc(NCCCS(=O)O)c12. The van der Waals surface area contributed by atoms with Gasteiger partial charge in [-0.15, -0.1) is 0 Å². The van der Waals surface area contributed by atoms with Crippen LogP contribution in [0.1, 0.15) is 12.1 Å². The number of aliphatic hydroxyl groups excluding tert-OH is 1. The Morgan fingerprint density at radius 1 is 1.17 bits per heavy atom. The molecule has 3 rings (SSSR count). The zero-order chi connectivity index (χ0) is 21.1. The van der Waals surface area contributed by atoms with Crippen molar-refractivity contribution in [3.8, 4) is 5.69 Å². The molecular weight excluding hydrogens is 461 g/mol. The van der Waals surface area contributed by atoms with Crippen LogP contribution in [0.4, 0.5) is 5.82 Å². The third kappa shape index (κ3) is 4.58. The third-order valence-corrected chi connectivity index (χ3v) is 5.70. The Hall–Kier alpha value is -1.68. The minimum Gasteiger partial charge on any atom is -0.390 e. The number of benzene rings is 1. The fourth-order valence-corrected chi connectivity index (χ4v) is 4.16. The Morgan fingerprint density at radius 2 is 1.86 bits per heavy atom. The highest BCUT2D eigenvalue weighted by Crippen LogP contribution is 2.35. The van der Waals surface area contributed by atoms with E-state index in [1.54, 1.807) is 22.8 Å². The van der Waals surface area contributed by atoms with Gasteiger partial charge in [0.05, 0.1) is 55.9 Å². The van der Waals surface area contributed by atoms with Crippen molar-refractivity contribution in [2.45, 2.75) is 13.0 Å². The second-order valence-corrected chi connectivity index (χ2v) is 8.32. The molecular formula is C18H16Cl3N3O4S. The minimum atomic E-state index is -1.90. The molecule has 11 heteroatoms. The summed E-state index contributed by atoms with van der Waals surface area (Å²) in [5.41, 5.74) is 0.528. The van der Waals surface area contributed by atoms with Gasteiger partial charge in [-0.2, -0.15) is 0 Å². The molecule has 0 saturated carbocycles. The largest absolute Gasteiger partial charge is 0.390 e. The van der Waals surface area contributed by atoms with Gasteiger partial charge in [0.2, 0.25) is 0 Å². The summed E-state index contributed by atoms with van der Waals surface area (Å²) in [4.78, 5) is 17.0. The Morgan fingerprint density at radius 3 is 2.48 bits per heavy atom. The van der Waals surface area contributed by atoms with Gasteiger partial charge in [-0.25, -0.2) is 9.19 Å². The number of aromatic nitrogens is 2. The standard InChI is InChI=1S/C18H16Cl3N3O4S/c19-11-3-1-4-12(20)16(11)24-10(9-25)7-14(26)15-17(24)13(21)8-23-18(15)22-5-2-6-29(27)28/h1,3-4,7-8,25H,2,5-6,9H2,(H,22,23)(H,27,28). The van der Waals surface area contributed by atoms with Crippen LogP contribution in [0.15, 0.2) is 35.3 Å². The Labute approximate surface area is 183 Å². The van der Waals surface area contributed by atoms with Crippen molar-refractivity contribution in [2.24, 2.45) is 0 Å². The maximum Gasteiger partial charge on any atom is 0.193 e. The summed E-state index contributed by atoms with van der Waals surface area (Å²) in [7, 11) is 0. The molecule has 3 aromatic rings. The van der Waals surface area contributed by atoms with Crippen LogP contribution in [-0.4, -0.2) is 35.7 Å². The molecule has 2 aromatic heterocycles. The highest BCUT2D eigenvalue weighted by Gasteiger charge is 2.20. The van der Waals surface area contributed by atoms with Gasteiger partial charge in [0.25, 0.3) is 0 Å². The average Bonchev–Trinajstić information content (AvgIpc) is 2.67. The number of hydrogen-bond donors (Lipinski definition) is 3. The molecule has 29 heavy (non-hydrogen) atoms.